The number of furan rings is 1. The van der Waals surface area contributed by atoms with Gasteiger partial charge in [-0.2, -0.15) is 0 Å². The molecule has 0 aliphatic rings. The van der Waals surface area contributed by atoms with E-state index in [9.17, 15) is 4.79 Å². The summed E-state index contributed by atoms with van der Waals surface area (Å²) in [5.41, 5.74) is 3.26. The summed E-state index contributed by atoms with van der Waals surface area (Å²) in [6.07, 6.45) is 0. The van der Waals surface area contributed by atoms with Crippen molar-refractivity contribution in [1.82, 2.24) is 0 Å². The number of esters is 1. The Hall–Kier alpha value is -3.01. The maximum Gasteiger partial charge on any atom is 0.341 e. The molecule has 0 saturated carbocycles. The minimum Gasteiger partial charge on any atom is -0.497 e. The lowest BCUT2D eigenvalue weighted by Crippen LogP contribution is -2.00. The van der Waals surface area contributed by atoms with Crippen LogP contribution in [0.3, 0.4) is 0 Å². The third-order valence-corrected chi connectivity index (χ3v) is 3.83. The van der Waals surface area contributed by atoms with Crippen molar-refractivity contribution in [2.45, 2.75) is 6.92 Å². The van der Waals surface area contributed by atoms with Crippen LogP contribution in [0.25, 0.3) is 22.6 Å². The molecular formula is C20H18O4. The molecule has 0 amide bonds. The van der Waals surface area contributed by atoms with Gasteiger partial charge in [0.05, 0.1) is 14.2 Å². The van der Waals surface area contributed by atoms with E-state index in [1.807, 2.05) is 55.5 Å². The van der Waals surface area contributed by atoms with Crippen LogP contribution >= 0.6 is 0 Å². The topological polar surface area (TPSA) is 48.7 Å². The Labute approximate surface area is 140 Å². The SMILES string of the molecule is COC(=O)c1cc(-c2ccc(C)cc2)oc1-c1ccc(OC)cc1. The van der Waals surface area contributed by atoms with Gasteiger partial charge in [0.2, 0.25) is 0 Å². The average Bonchev–Trinajstić information content (AvgIpc) is 3.07. The lowest BCUT2D eigenvalue weighted by Gasteiger charge is -2.03. The summed E-state index contributed by atoms with van der Waals surface area (Å²) in [6, 6.07) is 17.0. The van der Waals surface area contributed by atoms with Crippen molar-refractivity contribution >= 4 is 5.97 Å². The van der Waals surface area contributed by atoms with Gasteiger partial charge in [-0.1, -0.05) is 29.8 Å². The molecule has 0 fully saturated rings. The first-order valence-electron chi connectivity index (χ1n) is 7.56. The van der Waals surface area contributed by atoms with Crippen molar-refractivity contribution in [3.63, 3.8) is 0 Å². The lowest BCUT2D eigenvalue weighted by molar-refractivity contribution is 0.0601. The fraction of sp³-hybridized carbons (Fsp3) is 0.150. The Balaban J connectivity index is 2.09. The van der Waals surface area contributed by atoms with Crippen LogP contribution in [-0.4, -0.2) is 20.2 Å². The largest absolute Gasteiger partial charge is 0.497 e. The minimum atomic E-state index is -0.428. The number of ether oxygens (including phenoxy) is 2. The third kappa shape index (κ3) is 3.04. The number of hydrogen-bond acceptors (Lipinski definition) is 4. The molecule has 3 aromatic rings. The van der Waals surface area contributed by atoms with Crippen molar-refractivity contribution < 1.29 is 18.7 Å². The summed E-state index contributed by atoms with van der Waals surface area (Å²) in [7, 11) is 2.97. The summed E-state index contributed by atoms with van der Waals surface area (Å²) in [6.45, 7) is 2.02. The van der Waals surface area contributed by atoms with Gasteiger partial charge < -0.3 is 13.9 Å². The van der Waals surface area contributed by atoms with E-state index in [4.69, 9.17) is 13.9 Å². The van der Waals surface area contributed by atoms with E-state index >= 15 is 0 Å². The first-order valence-corrected chi connectivity index (χ1v) is 7.56. The molecule has 0 saturated heterocycles. The Kier molecular flexibility index (Phi) is 4.38. The maximum atomic E-state index is 12.1. The quantitative estimate of drug-likeness (QED) is 0.652. The van der Waals surface area contributed by atoms with E-state index in [0.717, 1.165) is 22.4 Å². The van der Waals surface area contributed by atoms with E-state index in [0.29, 0.717) is 17.1 Å². The van der Waals surface area contributed by atoms with Crippen LogP contribution in [0.2, 0.25) is 0 Å². The molecule has 24 heavy (non-hydrogen) atoms. The van der Waals surface area contributed by atoms with Crippen molar-refractivity contribution in [3.05, 3.63) is 65.7 Å². The van der Waals surface area contributed by atoms with Crippen molar-refractivity contribution in [1.29, 1.82) is 0 Å². The summed E-state index contributed by atoms with van der Waals surface area (Å²) in [5.74, 6) is 1.42. The minimum absolute atomic E-state index is 0.401. The van der Waals surface area contributed by atoms with Crippen molar-refractivity contribution in [2.75, 3.05) is 14.2 Å². The van der Waals surface area contributed by atoms with Gasteiger partial charge in [0.15, 0.2) is 0 Å². The third-order valence-electron chi connectivity index (χ3n) is 3.83. The number of carbonyl (C=O) groups excluding carboxylic acids is 1. The second-order valence-electron chi connectivity index (χ2n) is 5.44. The summed E-state index contributed by atoms with van der Waals surface area (Å²) in [5, 5.41) is 0. The highest BCUT2D eigenvalue weighted by Crippen LogP contribution is 2.34. The van der Waals surface area contributed by atoms with Crippen LogP contribution in [0.15, 0.2) is 59.0 Å². The Morgan fingerprint density at radius 2 is 1.54 bits per heavy atom. The van der Waals surface area contributed by atoms with Crippen molar-refractivity contribution in [3.8, 4) is 28.4 Å². The summed E-state index contributed by atoms with van der Waals surface area (Å²) < 4.78 is 16.0. The molecule has 0 N–H and O–H groups in total. The van der Waals surface area contributed by atoms with Gasteiger partial charge in [-0.05, 0) is 37.3 Å². The predicted octanol–water partition coefficient (Wildman–Crippen LogP) is 4.72. The van der Waals surface area contributed by atoms with Gasteiger partial charge in [0, 0.05) is 11.1 Å². The molecule has 0 spiro atoms. The van der Waals surface area contributed by atoms with Crippen molar-refractivity contribution in [2.24, 2.45) is 0 Å². The Morgan fingerprint density at radius 3 is 2.12 bits per heavy atom. The number of carbonyl (C=O) groups is 1. The van der Waals surface area contributed by atoms with Crippen LogP contribution in [0.4, 0.5) is 0 Å². The first kappa shape index (κ1) is 15.9. The van der Waals surface area contributed by atoms with Crippen LogP contribution in [-0.2, 0) is 4.74 Å². The number of methoxy groups -OCH3 is 2. The molecule has 122 valence electrons. The van der Waals surface area contributed by atoms with E-state index in [1.54, 1.807) is 13.2 Å². The van der Waals surface area contributed by atoms with Crippen LogP contribution < -0.4 is 4.74 Å². The molecule has 1 heterocycles. The van der Waals surface area contributed by atoms with Gasteiger partial charge in [0.1, 0.15) is 22.8 Å². The average molecular weight is 322 g/mol. The van der Waals surface area contributed by atoms with Gasteiger partial charge >= 0.3 is 5.97 Å². The number of aryl methyl sites for hydroxylation is 1. The molecule has 0 aliphatic heterocycles. The second-order valence-corrected chi connectivity index (χ2v) is 5.44. The number of benzene rings is 2. The summed E-state index contributed by atoms with van der Waals surface area (Å²) in [4.78, 5) is 12.1. The highest BCUT2D eigenvalue weighted by atomic mass is 16.5. The molecular weight excluding hydrogens is 304 g/mol. The molecule has 1 aromatic heterocycles. The Bertz CT molecular complexity index is 842. The number of hydrogen-bond donors (Lipinski definition) is 0. The molecule has 2 aromatic carbocycles. The van der Waals surface area contributed by atoms with Crippen LogP contribution in [0, 0.1) is 6.92 Å². The number of rotatable bonds is 4. The molecule has 0 bridgehead atoms. The first-order chi connectivity index (χ1) is 11.6. The zero-order valence-corrected chi connectivity index (χ0v) is 13.8. The molecule has 0 atom stereocenters. The van der Waals surface area contributed by atoms with Gasteiger partial charge in [-0.15, -0.1) is 0 Å². The normalized spacial score (nSPS) is 10.5. The second kappa shape index (κ2) is 6.62. The lowest BCUT2D eigenvalue weighted by atomic mass is 10.1. The van der Waals surface area contributed by atoms with E-state index in [-0.39, 0.29) is 0 Å². The molecule has 0 radical (unpaired) electrons. The molecule has 4 nitrogen and oxygen atoms in total. The zero-order valence-electron chi connectivity index (χ0n) is 13.8. The molecule has 0 aliphatic carbocycles. The molecule has 4 heteroatoms. The van der Waals surface area contributed by atoms with E-state index in [1.165, 1.54) is 7.11 Å². The highest BCUT2D eigenvalue weighted by Gasteiger charge is 2.20. The van der Waals surface area contributed by atoms with Gasteiger partial charge in [0.25, 0.3) is 0 Å². The van der Waals surface area contributed by atoms with Gasteiger partial charge in [-0.3, -0.25) is 0 Å². The summed E-state index contributed by atoms with van der Waals surface area (Å²) >= 11 is 0. The predicted molar refractivity (Wildman–Crippen MR) is 92.2 cm³/mol. The fourth-order valence-corrected chi connectivity index (χ4v) is 2.47. The van der Waals surface area contributed by atoms with Crippen LogP contribution in [0.1, 0.15) is 15.9 Å². The molecule has 0 unspecified atom stereocenters. The van der Waals surface area contributed by atoms with Crippen LogP contribution in [0.5, 0.6) is 5.75 Å². The monoisotopic (exact) mass is 322 g/mol. The smallest absolute Gasteiger partial charge is 0.341 e. The Morgan fingerprint density at radius 1 is 0.917 bits per heavy atom. The highest BCUT2D eigenvalue weighted by molar-refractivity contribution is 5.97. The standard InChI is InChI=1S/C20H18O4/c1-13-4-6-14(7-5-13)18-12-17(20(21)23-3)19(24-18)15-8-10-16(22-2)11-9-15/h4-12H,1-3H3. The zero-order chi connectivity index (χ0) is 17.1. The fourth-order valence-electron chi connectivity index (χ4n) is 2.47. The molecule has 3 rings (SSSR count). The van der Waals surface area contributed by atoms with E-state index in [2.05, 4.69) is 0 Å². The maximum absolute atomic E-state index is 12.1. The van der Waals surface area contributed by atoms with E-state index < -0.39 is 5.97 Å². The van der Waals surface area contributed by atoms with Gasteiger partial charge in [-0.25, -0.2) is 4.79 Å².